The molecular formula is C15H12F3N5O2S. The molecule has 0 atom stereocenters. The number of nitrogens with zero attached hydrogens (tertiary/aromatic N) is 4. The van der Waals surface area contributed by atoms with Crippen LogP contribution in [0.25, 0.3) is 0 Å². The number of halogens is 3. The summed E-state index contributed by atoms with van der Waals surface area (Å²) in [6.45, 7) is 0. The van der Waals surface area contributed by atoms with Crippen LogP contribution >= 0.6 is 11.8 Å². The van der Waals surface area contributed by atoms with E-state index in [9.17, 15) is 18.0 Å². The second kappa shape index (κ2) is 7.52. The Morgan fingerprint density at radius 3 is 2.54 bits per heavy atom. The Morgan fingerprint density at radius 1 is 1.19 bits per heavy atom. The van der Waals surface area contributed by atoms with Gasteiger partial charge in [-0.3, -0.25) is 9.47 Å². The molecule has 2 heterocycles. The van der Waals surface area contributed by atoms with Gasteiger partial charge >= 0.3 is 6.36 Å². The van der Waals surface area contributed by atoms with Gasteiger partial charge in [-0.1, -0.05) is 11.8 Å². The van der Waals surface area contributed by atoms with Gasteiger partial charge in [0, 0.05) is 18.1 Å². The standard InChI is InChI=1S/C15H12F3N5O2S/c16-15(17,18)25-12-5-3-11(4-6-12)20-13(24)9-26-14-21-19-10-23(14)22-7-1-2-8-22/h1-8,10H,9H2,(H,20,24). The van der Waals surface area contributed by atoms with Gasteiger partial charge in [0.25, 0.3) is 0 Å². The molecule has 3 rings (SSSR count). The first-order valence-electron chi connectivity index (χ1n) is 7.23. The van der Waals surface area contributed by atoms with Crippen LogP contribution < -0.4 is 10.1 Å². The predicted molar refractivity (Wildman–Crippen MR) is 87.7 cm³/mol. The molecule has 0 saturated heterocycles. The average molecular weight is 383 g/mol. The van der Waals surface area contributed by atoms with E-state index in [0.29, 0.717) is 10.8 Å². The quantitative estimate of drug-likeness (QED) is 0.663. The molecule has 1 amide bonds. The summed E-state index contributed by atoms with van der Waals surface area (Å²) >= 11 is 1.17. The van der Waals surface area contributed by atoms with Crippen molar-refractivity contribution in [3.05, 3.63) is 55.1 Å². The lowest BCUT2D eigenvalue weighted by molar-refractivity contribution is -0.274. The van der Waals surface area contributed by atoms with Crippen molar-refractivity contribution < 1.29 is 22.7 Å². The van der Waals surface area contributed by atoms with Crippen LogP contribution in [0.5, 0.6) is 5.75 Å². The number of amides is 1. The van der Waals surface area contributed by atoms with Crippen LogP contribution in [0.15, 0.2) is 60.3 Å². The van der Waals surface area contributed by atoms with Crippen molar-refractivity contribution in [3.8, 4) is 5.75 Å². The van der Waals surface area contributed by atoms with Crippen molar-refractivity contribution in [1.29, 1.82) is 0 Å². The maximum atomic E-state index is 12.1. The summed E-state index contributed by atoms with van der Waals surface area (Å²) < 4.78 is 43.5. The number of carbonyl (C=O) groups excluding carboxylic acids is 1. The van der Waals surface area contributed by atoms with E-state index in [1.807, 2.05) is 12.1 Å². The molecule has 0 aliphatic carbocycles. The molecule has 2 aromatic heterocycles. The first-order valence-corrected chi connectivity index (χ1v) is 8.21. The number of ether oxygens (including phenoxy) is 1. The third kappa shape index (κ3) is 4.79. The van der Waals surface area contributed by atoms with E-state index < -0.39 is 6.36 Å². The highest BCUT2D eigenvalue weighted by Crippen LogP contribution is 2.24. The van der Waals surface area contributed by atoms with Crippen molar-refractivity contribution in [2.24, 2.45) is 0 Å². The van der Waals surface area contributed by atoms with Gasteiger partial charge in [0.05, 0.1) is 5.75 Å². The fraction of sp³-hybridized carbons (Fsp3) is 0.133. The number of benzene rings is 1. The summed E-state index contributed by atoms with van der Waals surface area (Å²) in [5, 5.41) is 10.9. The summed E-state index contributed by atoms with van der Waals surface area (Å²) in [6, 6.07) is 8.58. The molecule has 0 radical (unpaired) electrons. The molecule has 0 aliphatic heterocycles. The number of carbonyl (C=O) groups is 1. The van der Waals surface area contributed by atoms with Crippen molar-refractivity contribution in [1.82, 2.24) is 19.5 Å². The van der Waals surface area contributed by atoms with E-state index in [4.69, 9.17) is 0 Å². The number of hydrogen-bond donors (Lipinski definition) is 1. The molecule has 7 nitrogen and oxygen atoms in total. The van der Waals surface area contributed by atoms with Gasteiger partial charge in [-0.2, -0.15) is 0 Å². The summed E-state index contributed by atoms with van der Waals surface area (Å²) in [5.41, 5.74) is 0.358. The van der Waals surface area contributed by atoms with Crippen molar-refractivity contribution in [2.45, 2.75) is 11.5 Å². The number of anilines is 1. The van der Waals surface area contributed by atoms with E-state index in [0.717, 1.165) is 12.1 Å². The van der Waals surface area contributed by atoms with E-state index in [-0.39, 0.29) is 17.4 Å². The lowest BCUT2D eigenvalue weighted by Crippen LogP contribution is -2.17. The number of rotatable bonds is 6. The predicted octanol–water partition coefficient (Wildman–Crippen LogP) is 3.02. The summed E-state index contributed by atoms with van der Waals surface area (Å²) in [5.74, 6) is -0.632. The second-order valence-corrected chi connectivity index (χ2v) is 5.87. The third-order valence-electron chi connectivity index (χ3n) is 3.04. The normalized spacial score (nSPS) is 11.3. The molecule has 3 aromatic rings. The Bertz CT molecular complexity index is 862. The molecule has 0 bridgehead atoms. The van der Waals surface area contributed by atoms with Crippen molar-refractivity contribution in [2.75, 3.05) is 11.1 Å². The SMILES string of the molecule is O=C(CSc1nncn1-n1cccc1)Nc1ccc(OC(F)(F)F)cc1. The van der Waals surface area contributed by atoms with Gasteiger partial charge in [0.2, 0.25) is 11.1 Å². The zero-order valence-corrected chi connectivity index (χ0v) is 13.9. The molecule has 26 heavy (non-hydrogen) atoms. The molecule has 0 spiro atoms. The monoisotopic (exact) mass is 383 g/mol. The van der Waals surface area contributed by atoms with Gasteiger partial charge in [0.1, 0.15) is 12.1 Å². The lowest BCUT2D eigenvalue weighted by Gasteiger charge is -2.10. The van der Waals surface area contributed by atoms with E-state index in [1.165, 1.54) is 30.2 Å². The second-order valence-electron chi connectivity index (χ2n) is 4.93. The largest absolute Gasteiger partial charge is 0.573 e. The van der Waals surface area contributed by atoms with Gasteiger partial charge in [0.15, 0.2) is 0 Å². The molecule has 1 aromatic carbocycles. The van der Waals surface area contributed by atoms with Crippen LogP contribution in [-0.2, 0) is 4.79 Å². The fourth-order valence-electron chi connectivity index (χ4n) is 2.01. The van der Waals surface area contributed by atoms with Crippen LogP contribution in [0.3, 0.4) is 0 Å². The molecule has 0 unspecified atom stereocenters. The smallest absolute Gasteiger partial charge is 0.406 e. The van der Waals surface area contributed by atoms with Crippen LogP contribution in [0.2, 0.25) is 0 Å². The van der Waals surface area contributed by atoms with Crippen LogP contribution in [0, 0.1) is 0 Å². The number of aromatic nitrogens is 4. The molecule has 136 valence electrons. The zero-order chi connectivity index (χ0) is 18.6. The maximum Gasteiger partial charge on any atom is 0.573 e. The maximum absolute atomic E-state index is 12.1. The number of nitrogens with one attached hydrogen (secondary N) is 1. The first-order chi connectivity index (χ1) is 12.4. The summed E-state index contributed by atoms with van der Waals surface area (Å²) in [7, 11) is 0. The zero-order valence-electron chi connectivity index (χ0n) is 13.1. The van der Waals surface area contributed by atoms with Crippen LogP contribution in [0.1, 0.15) is 0 Å². The van der Waals surface area contributed by atoms with Crippen molar-refractivity contribution in [3.63, 3.8) is 0 Å². The van der Waals surface area contributed by atoms with Crippen LogP contribution in [0.4, 0.5) is 18.9 Å². The molecular weight excluding hydrogens is 371 g/mol. The van der Waals surface area contributed by atoms with Gasteiger partial charge in [-0.25, -0.2) is 4.68 Å². The van der Waals surface area contributed by atoms with Crippen LogP contribution in [-0.4, -0.2) is 37.6 Å². The molecule has 0 saturated carbocycles. The highest BCUT2D eigenvalue weighted by molar-refractivity contribution is 7.99. The average Bonchev–Trinajstić information content (AvgIpc) is 3.24. The molecule has 1 N–H and O–H groups in total. The lowest BCUT2D eigenvalue weighted by atomic mass is 10.3. The summed E-state index contributed by atoms with van der Waals surface area (Å²) in [6.07, 6.45) is 0.368. The first kappa shape index (κ1) is 17.9. The third-order valence-corrected chi connectivity index (χ3v) is 3.98. The Morgan fingerprint density at radius 2 is 1.88 bits per heavy atom. The number of thioether (sulfide) groups is 1. The Balaban J connectivity index is 1.54. The Hall–Kier alpha value is -2.95. The van der Waals surface area contributed by atoms with Gasteiger partial charge < -0.3 is 10.1 Å². The minimum Gasteiger partial charge on any atom is -0.406 e. The minimum atomic E-state index is -4.75. The Kier molecular flexibility index (Phi) is 5.16. The molecule has 0 aliphatic rings. The number of alkyl halides is 3. The molecule has 0 fully saturated rings. The van der Waals surface area contributed by atoms with Gasteiger partial charge in [-0.05, 0) is 36.4 Å². The highest BCUT2D eigenvalue weighted by Gasteiger charge is 2.30. The summed E-state index contributed by atoms with van der Waals surface area (Å²) in [4.78, 5) is 12.0. The number of hydrogen-bond acceptors (Lipinski definition) is 5. The van der Waals surface area contributed by atoms with E-state index in [1.54, 1.807) is 21.7 Å². The topological polar surface area (TPSA) is 74.0 Å². The Labute approximate surface area is 149 Å². The van der Waals surface area contributed by atoms with Gasteiger partial charge in [-0.15, -0.1) is 23.4 Å². The van der Waals surface area contributed by atoms with Crippen molar-refractivity contribution >= 4 is 23.4 Å². The highest BCUT2D eigenvalue weighted by atomic mass is 32.2. The van der Waals surface area contributed by atoms with E-state index in [2.05, 4.69) is 20.3 Å². The fourth-order valence-corrected chi connectivity index (χ4v) is 2.72. The minimum absolute atomic E-state index is 0.0563. The van der Waals surface area contributed by atoms with E-state index >= 15 is 0 Å². The molecule has 11 heteroatoms.